The van der Waals surface area contributed by atoms with Crippen molar-refractivity contribution in [3.8, 4) is 0 Å². The van der Waals surface area contributed by atoms with Gasteiger partial charge in [-0.2, -0.15) is 0 Å². The van der Waals surface area contributed by atoms with Gasteiger partial charge in [-0.1, -0.05) is 17.7 Å². The monoisotopic (exact) mass is 281 g/mol. The number of anilines is 1. The van der Waals surface area contributed by atoms with Gasteiger partial charge in [0, 0.05) is 10.6 Å². The Labute approximate surface area is 114 Å². The summed E-state index contributed by atoms with van der Waals surface area (Å²) in [6.07, 6.45) is 0. The van der Waals surface area contributed by atoms with E-state index in [1.54, 1.807) is 6.92 Å². The van der Waals surface area contributed by atoms with Crippen LogP contribution in [-0.2, 0) is 0 Å². The molecular formula is C14H10ClF2NO. The average molecular weight is 282 g/mol. The van der Waals surface area contributed by atoms with Crippen LogP contribution in [0.2, 0.25) is 5.02 Å². The fraction of sp³-hybridized carbons (Fsp3) is 0.0714. The molecule has 0 heterocycles. The molecule has 19 heavy (non-hydrogen) atoms. The number of hydrogen-bond acceptors (Lipinski definition) is 1. The highest BCUT2D eigenvalue weighted by Crippen LogP contribution is 2.20. The van der Waals surface area contributed by atoms with Crippen molar-refractivity contribution in [2.45, 2.75) is 6.92 Å². The number of amides is 1. The molecule has 0 spiro atoms. The minimum Gasteiger partial charge on any atom is -0.319 e. The van der Waals surface area contributed by atoms with Gasteiger partial charge in [0.05, 0.1) is 5.69 Å². The summed E-state index contributed by atoms with van der Waals surface area (Å²) >= 11 is 5.61. The summed E-state index contributed by atoms with van der Waals surface area (Å²) in [4.78, 5) is 11.8. The maximum atomic E-state index is 13.5. The maximum Gasteiger partial charge on any atom is 0.255 e. The van der Waals surface area contributed by atoms with Crippen molar-refractivity contribution in [3.05, 3.63) is 64.2 Å². The van der Waals surface area contributed by atoms with Crippen molar-refractivity contribution in [1.29, 1.82) is 0 Å². The van der Waals surface area contributed by atoms with Crippen LogP contribution in [-0.4, -0.2) is 5.91 Å². The van der Waals surface area contributed by atoms with Gasteiger partial charge in [0.1, 0.15) is 11.6 Å². The average Bonchev–Trinajstić information content (AvgIpc) is 2.36. The molecule has 0 saturated carbocycles. The maximum absolute atomic E-state index is 13.5. The molecule has 0 aliphatic carbocycles. The second kappa shape index (κ2) is 5.36. The van der Waals surface area contributed by atoms with Crippen LogP contribution in [0.25, 0.3) is 0 Å². The molecule has 0 radical (unpaired) electrons. The Bertz CT molecular complexity index is 643. The number of rotatable bonds is 2. The third kappa shape index (κ3) is 3.09. The molecule has 1 N–H and O–H groups in total. The van der Waals surface area contributed by atoms with Crippen LogP contribution in [0.1, 0.15) is 15.9 Å². The topological polar surface area (TPSA) is 29.1 Å². The second-order valence-electron chi connectivity index (χ2n) is 4.04. The highest BCUT2D eigenvalue weighted by Gasteiger charge is 2.11. The van der Waals surface area contributed by atoms with Gasteiger partial charge < -0.3 is 5.32 Å². The van der Waals surface area contributed by atoms with E-state index in [0.717, 1.165) is 12.1 Å². The Kier molecular flexibility index (Phi) is 3.81. The Morgan fingerprint density at radius 3 is 2.47 bits per heavy atom. The number of halogens is 3. The van der Waals surface area contributed by atoms with Crippen LogP contribution in [0.4, 0.5) is 14.5 Å². The molecule has 0 saturated heterocycles. The second-order valence-corrected chi connectivity index (χ2v) is 4.48. The van der Waals surface area contributed by atoms with Gasteiger partial charge in [-0.05, 0) is 42.8 Å². The molecule has 0 fully saturated rings. The lowest BCUT2D eigenvalue weighted by atomic mass is 10.1. The van der Waals surface area contributed by atoms with E-state index in [-0.39, 0.29) is 16.3 Å². The van der Waals surface area contributed by atoms with Crippen molar-refractivity contribution < 1.29 is 13.6 Å². The first kappa shape index (κ1) is 13.5. The molecule has 2 aromatic rings. The normalized spacial score (nSPS) is 10.3. The minimum atomic E-state index is -0.645. The van der Waals surface area contributed by atoms with Gasteiger partial charge in [-0.3, -0.25) is 4.79 Å². The quantitative estimate of drug-likeness (QED) is 0.879. The van der Waals surface area contributed by atoms with E-state index in [4.69, 9.17) is 11.6 Å². The summed E-state index contributed by atoms with van der Waals surface area (Å²) in [6, 6.07) is 7.96. The van der Waals surface area contributed by atoms with Gasteiger partial charge in [0.25, 0.3) is 5.91 Å². The van der Waals surface area contributed by atoms with Crippen LogP contribution in [0.3, 0.4) is 0 Å². The van der Waals surface area contributed by atoms with E-state index in [1.165, 1.54) is 24.3 Å². The van der Waals surface area contributed by atoms with Crippen molar-refractivity contribution >= 4 is 23.2 Å². The highest BCUT2D eigenvalue weighted by atomic mass is 35.5. The summed E-state index contributed by atoms with van der Waals surface area (Å²) in [5, 5.41) is 2.59. The molecule has 2 aromatic carbocycles. The smallest absolute Gasteiger partial charge is 0.255 e. The zero-order valence-corrected chi connectivity index (χ0v) is 10.8. The van der Waals surface area contributed by atoms with Crippen LogP contribution in [0.15, 0.2) is 36.4 Å². The third-order valence-electron chi connectivity index (χ3n) is 2.61. The number of carbonyl (C=O) groups excluding carboxylic acids is 1. The van der Waals surface area contributed by atoms with E-state index >= 15 is 0 Å². The molecule has 0 aliphatic heterocycles. The third-order valence-corrected chi connectivity index (χ3v) is 2.85. The molecule has 1 amide bonds. The van der Waals surface area contributed by atoms with E-state index in [0.29, 0.717) is 5.56 Å². The molecule has 2 nitrogen and oxygen atoms in total. The van der Waals surface area contributed by atoms with Crippen molar-refractivity contribution in [1.82, 2.24) is 0 Å². The largest absolute Gasteiger partial charge is 0.319 e. The van der Waals surface area contributed by atoms with Crippen molar-refractivity contribution in [2.24, 2.45) is 0 Å². The Hall–Kier alpha value is -1.94. The first-order valence-electron chi connectivity index (χ1n) is 5.50. The summed E-state index contributed by atoms with van der Waals surface area (Å²) < 4.78 is 26.8. The van der Waals surface area contributed by atoms with Gasteiger partial charge in [0.15, 0.2) is 0 Å². The Morgan fingerprint density at radius 2 is 1.84 bits per heavy atom. The van der Waals surface area contributed by atoms with Gasteiger partial charge in [0.2, 0.25) is 0 Å². The van der Waals surface area contributed by atoms with E-state index < -0.39 is 17.5 Å². The molecule has 98 valence electrons. The van der Waals surface area contributed by atoms with Gasteiger partial charge >= 0.3 is 0 Å². The van der Waals surface area contributed by atoms with Crippen molar-refractivity contribution in [3.63, 3.8) is 0 Å². The number of hydrogen-bond donors (Lipinski definition) is 1. The predicted octanol–water partition coefficient (Wildman–Crippen LogP) is 4.18. The highest BCUT2D eigenvalue weighted by molar-refractivity contribution is 6.30. The molecule has 0 unspecified atom stereocenters. The lowest BCUT2D eigenvalue weighted by molar-refractivity contribution is 0.102. The SMILES string of the molecule is Cc1ccc(C(=O)Nc2ccc(Cl)cc2F)cc1F. The molecule has 0 atom stereocenters. The Morgan fingerprint density at radius 1 is 1.11 bits per heavy atom. The summed E-state index contributed by atoms with van der Waals surface area (Å²) in [7, 11) is 0. The minimum absolute atomic E-state index is 0.00427. The fourth-order valence-corrected chi connectivity index (χ4v) is 1.68. The lowest BCUT2D eigenvalue weighted by Crippen LogP contribution is -2.13. The summed E-state index contributed by atoms with van der Waals surface area (Å²) in [6.45, 7) is 1.59. The van der Waals surface area contributed by atoms with E-state index in [1.807, 2.05) is 0 Å². The molecule has 0 bridgehead atoms. The lowest BCUT2D eigenvalue weighted by Gasteiger charge is -2.07. The number of carbonyl (C=O) groups is 1. The molecule has 0 aliphatic rings. The van der Waals surface area contributed by atoms with E-state index in [2.05, 4.69) is 5.32 Å². The number of benzene rings is 2. The summed E-state index contributed by atoms with van der Waals surface area (Å²) in [5.74, 6) is -1.71. The van der Waals surface area contributed by atoms with Crippen LogP contribution in [0, 0.1) is 18.6 Å². The number of nitrogens with one attached hydrogen (secondary N) is 1. The predicted molar refractivity (Wildman–Crippen MR) is 70.5 cm³/mol. The van der Waals surface area contributed by atoms with Crippen LogP contribution in [0.5, 0.6) is 0 Å². The van der Waals surface area contributed by atoms with Gasteiger partial charge in [-0.15, -0.1) is 0 Å². The standard InChI is InChI=1S/C14H10ClF2NO/c1-8-2-3-9(6-11(8)16)14(19)18-13-5-4-10(15)7-12(13)17/h2-7H,1H3,(H,18,19). The Balaban J connectivity index is 2.23. The van der Waals surface area contributed by atoms with Gasteiger partial charge in [-0.25, -0.2) is 8.78 Å². The van der Waals surface area contributed by atoms with E-state index in [9.17, 15) is 13.6 Å². The molecule has 5 heteroatoms. The zero-order valence-electron chi connectivity index (χ0n) is 10.0. The zero-order chi connectivity index (χ0) is 14.0. The molecule has 0 aromatic heterocycles. The molecule has 2 rings (SSSR count). The first-order valence-corrected chi connectivity index (χ1v) is 5.88. The van der Waals surface area contributed by atoms with Crippen LogP contribution >= 0.6 is 11.6 Å². The fourth-order valence-electron chi connectivity index (χ4n) is 1.52. The first-order chi connectivity index (χ1) is 8.97. The summed E-state index contributed by atoms with van der Waals surface area (Å²) in [5.41, 5.74) is 0.557. The number of aryl methyl sites for hydroxylation is 1. The van der Waals surface area contributed by atoms with Crippen LogP contribution < -0.4 is 5.32 Å². The van der Waals surface area contributed by atoms with Crippen molar-refractivity contribution in [2.75, 3.05) is 5.32 Å². The molecular weight excluding hydrogens is 272 g/mol.